The molecule has 11 heavy (non-hydrogen) atoms. The first kappa shape index (κ1) is 8.10. The molecule has 0 bridgehead atoms. The topological polar surface area (TPSA) is 70.7 Å². The molecule has 2 N–H and O–H groups in total. The lowest BCUT2D eigenvalue weighted by atomic mass is 10.4. The van der Waals surface area contributed by atoms with Gasteiger partial charge in [-0.1, -0.05) is 0 Å². The van der Waals surface area contributed by atoms with Crippen molar-refractivity contribution in [2.75, 3.05) is 0 Å². The van der Waals surface area contributed by atoms with E-state index in [1.807, 2.05) is 0 Å². The van der Waals surface area contributed by atoms with E-state index in [2.05, 4.69) is 4.42 Å². The lowest BCUT2D eigenvalue weighted by Crippen LogP contribution is -2.00. The molecule has 0 aliphatic carbocycles. The van der Waals surface area contributed by atoms with Crippen LogP contribution in [-0.2, 0) is 6.61 Å². The van der Waals surface area contributed by atoms with Crippen LogP contribution in [0, 0.1) is 0 Å². The summed E-state index contributed by atoms with van der Waals surface area (Å²) in [5, 5.41) is 16.9. The van der Waals surface area contributed by atoms with Gasteiger partial charge in [-0.15, -0.1) is 0 Å². The minimum atomic E-state index is -0.662. The molecular weight excluding hydrogens is 172 g/mol. The molecule has 0 aromatic carbocycles. The van der Waals surface area contributed by atoms with E-state index in [0.717, 1.165) is 6.07 Å². The summed E-state index contributed by atoms with van der Waals surface area (Å²) >= 11 is 5.27. The van der Waals surface area contributed by atoms with Crippen LogP contribution >= 0.6 is 11.6 Å². The Morgan fingerprint density at radius 1 is 1.64 bits per heavy atom. The van der Waals surface area contributed by atoms with Crippen molar-refractivity contribution in [2.45, 2.75) is 6.61 Å². The van der Waals surface area contributed by atoms with Crippen LogP contribution in [0.3, 0.4) is 0 Å². The third kappa shape index (κ3) is 1.53. The van der Waals surface area contributed by atoms with Crippen molar-refractivity contribution in [3.8, 4) is 5.75 Å². The van der Waals surface area contributed by atoms with Gasteiger partial charge < -0.3 is 14.6 Å². The normalized spacial score (nSPS) is 10.0. The highest BCUT2D eigenvalue weighted by Crippen LogP contribution is 2.18. The van der Waals surface area contributed by atoms with Crippen molar-refractivity contribution in [3.63, 3.8) is 0 Å². The van der Waals surface area contributed by atoms with Crippen LogP contribution in [0.5, 0.6) is 5.75 Å². The van der Waals surface area contributed by atoms with Gasteiger partial charge in [-0.05, 0) is 11.6 Å². The molecule has 4 nitrogen and oxygen atoms in total. The Bertz CT molecular complexity index is 317. The largest absolute Gasteiger partial charge is 0.501 e. The van der Waals surface area contributed by atoms with Gasteiger partial charge in [0, 0.05) is 6.07 Å². The molecular formula is C6H5ClO4. The van der Waals surface area contributed by atoms with Crippen LogP contribution in [0.1, 0.15) is 5.76 Å². The summed E-state index contributed by atoms with van der Waals surface area (Å²) in [6.45, 7) is -0.421. The van der Waals surface area contributed by atoms with E-state index in [1.165, 1.54) is 0 Å². The van der Waals surface area contributed by atoms with Crippen LogP contribution in [0.4, 0.5) is 0 Å². The van der Waals surface area contributed by atoms with E-state index in [-0.39, 0.29) is 5.76 Å². The Balaban J connectivity index is 3.32. The molecule has 0 atom stereocenters. The highest BCUT2D eigenvalue weighted by atomic mass is 35.5. The lowest BCUT2D eigenvalue weighted by molar-refractivity contribution is 0.241. The number of hydrogen-bond acceptors (Lipinski definition) is 4. The van der Waals surface area contributed by atoms with Gasteiger partial charge in [0.15, 0.2) is 0 Å². The Hall–Kier alpha value is -1.00. The molecule has 0 fully saturated rings. The Labute approximate surface area is 66.7 Å². The van der Waals surface area contributed by atoms with Crippen molar-refractivity contribution in [1.29, 1.82) is 0 Å². The summed E-state index contributed by atoms with van der Waals surface area (Å²) in [7, 11) is 0. The van der Waals surface area contributed by atoms with Gasteiger partial charge in [0.1, 0.15) is 12.4 Å². The minimum absolute atomic E-state index is 0.0257. The average molecular weight is 177 g/mol. The molecule has 1 aromatic rings. The van der Waals surface area contributed by atoms with Gasteiger partial charge in [-0.25, -0.2) is 0 Å². The second-order valence-electron chi connectivity index (χ2n) is 1.86. The van der Waals surface area contributed by atoms with Crippen LogP contribution < -0.4 is 5.43 Å². The molecule has 0 spiro atoms. The molecule has 0 aliphatic rings. The summed E-state index contributed by atoms with van der Waals surface area (Å²) in [6, 6.07) is 0.973. The number of aromatic hydroxyl groups is 1. The predicted octanol–water partition coefficient (Wildman–Crippen LogP) is 0.491. The summed E-state index contributed by atoms with van der Waals surface area (Å²) in [5.74, 6) is -0.610. The third-order valence-electron chi connectivity index (χ3n) is 1.09. The number of hydrogen-bond donors (Lipinski definition) is 2. The zero-order chi connectivity index (χ0) is 8.43. The zero-order valence-corrected chi connectivity index (χ0v) is 6.13. The molecule has 1 aromatic heterocycles. The van der Waals surface area contributed by atoms with Crippen LogP contribution in [0.25, 0.3) is 0 Å². The molecule has 1 heterocycles. The van der Waals surface area contributed by atoms with Crippen LogP contribution in [0.15, 0.2) is 15.3 Å². The third-order valence-corrected chi connectivity index (χ3v) is 1.34. The van der Waals surface area contributed by atoms with E-state index in [0.29, 0.717) is 0 Å². The monoisotopic (exact) mass is 176 g/mol. The standard InChI is InChI=1S/C6H5ClO4/c7-6-5(10)4(9)1-3(2-8)11-6/h1,8,10H,2H2. The number of halogens is 1. The highest BCUT2D eigenvalue weighted by Gasteiger charge is 2.07. The molecule has 0 radical (unpaired) electrons. The molecule has 0 aliphatic heterocycles. The second-order valence-corrected chi connectivity index (χ2v) is 2.20. The smallest absolute Gasteiger partial charge is 0.239 e. The first-order chi connectivity index (χ1) is 5.15. The van der Waals surface area contributed by atoms with E-state index in [1.54, 1.807) is 0 Å². The zero-order valence-electron chi connectivity index (χ0n) is 5.37. The maximum Gasteiger partial charge on any atom is 0.239 e. The van der Waals surface area contributed by atoms with Crippen molar-refractivity contribution < 1.29 is 14.6 Å². The van der Waals surface area contributed by atoms with E-state index in [4.69, 9.17) is 21.8 Å². The van der Waals surface area contributed by atoms with E-state index >= 15 is 0 Å². The average Bonchev–Trinajstić information content (AvgIpc) is 1.99. The number of aliphatic hydroxyl groups is 1. The molecule has 1 rings (SSSR count). The summed E-state index contributed by atoms with van der Waals surface area (Å²) in [4.78, 5) is 10.7. The quantitative estimate of drug-likeness (QED) is 0.654. The molecule has 0 unspecified atom stereocenters. The minimum Gasteiger partial charge on any atom is -0.501 e. The van der Waals surface area contributed by atoms with Gasteiger partial charge in [-0.3, -0.25) is 4.79 Å². The fourth-order valence-corrected chi connectivity index (χ4v) is 0.774. The van der Waals surface area contributed by atoms with E-state index in [9.17, 15) is 4.79 Å². The van der Waals surface area contributed by atoms with Crippen molar-refractivity contribution in [3.05, 3.63) is 27.3 Å². The maximum absolute atomic E-state index is 10.7. The predicted molar refractivity (Wildman–Crippen MR) is 37.6 cm³/mol. The van der Waals surface area contributed by atoms with Gasteiger partial charge in [0.25, 0.3) is 0 Å². The second kappa shape index (κ2) is 2.94. The lowest BCUT2D eigenvalue weighted by Gasteiger charge is -1.96. The molecule has 0 amide bonds. The van der Waals surface area contributed by atoms with Gasteiger partial charge >= 0.3 is 0 Å². The number of aliphatic hydroxyl groups excluding tert-OH is 1. The fourth-order valence-electron chi connectivity index (χ4n) is 0.582. The van der Waals surface area contributed by atoms with Gasteiger partial charge in [0.05, 0.1) is 0 Å². The van der Waals surface area contributed by atoms with Crippen LogP contribution in [0.2, 0.25) is 5.22 Å². The molecule has 0 saturated heterocycles. The van der Waals surface area contributed by atoms with Crippen molar-refractivity contribution in [2.24, 2.45) is 0 Å². The van der Waals surface area contributed by atoms with Gasteiger partial charge in [-0.2, -0.15) is 0 Å². The number of rotatable bonds is 1. The maximum atomic E-state index is 10.7. The van der Waals surface area contributed by atoms with E-state index < -0.39 is 23.0 Å². The summed E-state index contributed by atoms with van der Waals surface area (Å²) < 4.78 is 4.60. The Morgan fingerprint density at radius 3 is 2.73 bits per heavy atom. The Morgan fingerprint density at radius 2 is 2.27 bits per heavy atom. The van der Waals surface area contributed by atoms with Crippen molar-refractivity contribution in [1.82, 2.24) is 0 Å². The SMILES string of the molecule is O=c1cc(CO)oc(Cl)c1O. The first-order valence-electron chi connectivity index (χ1n) is 2.77. The Kier molecular flexibility index (Phi) is 2.16. The summed E-state index contributed by atoms with van der Waals surface area (Å²) in [5.41, 5.74) is -0.662. The molecule has 5 heteroatoms. The first-order valence-corrected chi connectivity index (χ1v) is 3.15. The van der Waals surface area contributed by atoms with Gasteiger partial charge in [0.2, 0.25) is 16.4 Å². The summed E-state index contributed by atoms with van der Waals surface area (Å²) in [6.07, 6.45) is 0. The van der Waals surface area contributed by atoms with Crippen LogP contribution in [-0.4, -0.2) is 10.2 Å². The highest BCUT2D eigenvalue weighted by molar-refractivity contribution is 6.30. The fraction of sp³-hybridized carbons (Fsp3) is 0.167. The molecule has 0 saturated carbocycles. The molecule has 60 valence electrons. The van der Waals surface area contributed by atoms with Crippen molar-refractivity contribution >= 4 is 11.6 Å².